The van der Waals surface area contributed by atoms with Crippen LogP contribution in [0.4, 0.5) is 0 Å². The van der Waals surface area contributed by atoms with Gasteiger partial charge >= 0.3 is 0 Å². The smallest absolute Gasteiger partial charge is 0.220 e. The molecule has 1 aromatic rings. The lowest BCUT2D eigenvalue weighted by atomic mass is 9.95. The summed E-state index contributed by atoms with van der Waals surface area (Å²) in [5.41, 5.74) is 2.63. The molecule has 0 saturated carbocycles. The molecule has 80 valence electrons. The Kier molecular flexibility index (Phi) is 2.76. The van der Waals surface area contributed by atoms with Crippen LogP contribution in [-0.2, 0) is 4.79 Å². The van der Waals surface area contributed by atoms with Crippen LogP contribution in [0.1, 0.15) is 43.2 Å². The molecule has 1 aliphatic rings. The van der Waals surface area contributed by atoms with Crippen LogP contribution < -0.4 is 5.32 Å². The van der Waals surface area contributed by atoms with Gasteiger partial charge in [-0.3, -0.25) is 4.79 Å². The Labute approximate surface area is 90.7 Å². The van der Waals surface area contributed by atoms with Crippen LogP contribution in [0.25, 0.3) is 0 Å². The molecule has 1 N–H and O–H groups in total. The summed E-state index contributed by atoms with van der Waals surface area (Å²) in [6, 6.07) is 8.64. The first kappa shape index (κ1) is 10.2. The molecule has 2 nitrogen and oxygen atoms in total. The molecule has 0 aromatic heterocycles. The molecule has 1 aliphatic heterocycles. The van der Waals surface area contributed by atoms with Crippen LogP contribution >= 0.6 is 0 Å². The molecular weight excluding hydrogens is 186 g/mol. The Bertz CT molecular complexity index is 353. The summed E-state index contributed by atoms with van der Waals surface area (Å²) in [5.74, 6) is 1.12. The minimum Gasteiger partial charge on any atom is -0.355 e. The number of rotatable bonds is 2. The van der Waals surface area contributed by atoms with Crippen LogP contribution in [0.2, 0.25) is 0 Å². The molecule has 1 aromatic carbocycles. The van der Waals surface area contributed by atoms with Gasteiger partial charge in [-0.1, -0.05) is 38.1 Å². The first-order valence-electron chi connectivity index (χ1n) is 5.53. The fraction of sp³-hybridized carbons (Fsp3) is 0.462. The minimum absolute atomic E-state index is 0.174. The number of hydrogen-bond acceptors (Lipinski definition) is 1. The third-order valence-electron chi connectivity index (χ3n) is 3.05. The van der Waals surface area contributed by atoms with Gasteiger partial charge in [-0.2, -0.15) is 0 Å². The van der Waals surface area contributed by atoms with Gasteiger partial charge in [0.2, 0.25) is 5.91 Å². The summed E-state index contributed by atoms with van der Waals surface area (Å²) in [6.07, 6.45) is 0.640. The quantitative estimate of drug-likeness (QED) is 0.785. The second kappa shape index (κ2) is 4.05. The van der Waals surface area contributed by atoms with Gasteiger partial charge in [0.1, 0.15) is 0 Å². The van der Waals surface area contributed by atoms with E-state index in [-0.39, 0.29) is 5.91 Å². The standard InChI is InChI=1S/C13H17NO/c1-9(2)10-3-5-11(6-4-10)12-7-13(15)14-8-12/h3-6,9,12H,7-8H2,1-2H3,(H,14,15). The third kappa shape index (κ3) is 2.20. The van der Waals surface area contributed by atoms with Gasteiger partial charge in [0.25, 0.3) is 0 Å². The number of carbonyl (C=O) groups excluding carboxylic acids is 1. The Morgan fingerprint density at radius 3 is 2.40 bits per heavy atom. The molecule has 0 bridgehead atoms. The minimum atomic E-state index is 0.174. The van der Waals surface area contributed by atoms with Gasteiger partial charge in [-0.15, -0.1) is 0 Å². The molecule has 15 heavy (non-hydrogen) atoms. The highest BCUT2D eigenvalue weighted by molar-refractivity contribution is 5.79. The van der Waals surface area contributed by atoms with E-state index >= 15 is 0 Å². The van der Waals surface area contributed by atoms with E-state index in [0.717, 1.165) is 6.54 Å². The van der Waals surface area contributed by atoms with Crippen molar-refractivity contribution in [1.82, 2.24) is 5.32 Å². The van der Waals surface area contributed by atoms with Crippen LogP contribution in [-0.4, -0.2) is 12.5 Å². The van der Waals surface area contributed by atoms with Crippen LogP contribution in [0.3, 0.4) is 0 Å². The largest absolute Gasteiger partial charge is 0.355 e. The molecule has 1 amide bonds. The zero-order chi connectivity index (χ0) is 10.8. The van der Waals surface area contributed by atoms with Crippen molar-refractivity contribution in [3.63, 3.8) is 0 Å². The molecule has 1 fully saturated rings. The second-order valence-corrected chi connectivity index (χ2v) is 4.53. The number of amides is 1. The SMILES string of the molecule is CC(C)c1ccc(C2CNC(=O)C2)cc1. The maximum atomic E-state index is 11.1. The zero-order valence-corrected chi connectivity index (χ0v) is 9.29. The van der Waals surface area contributed by atoms with Crippen molar-refractivity contribution in [3.8, 4) is 0 Å². The highest BCUT2D eigenvalue weighted by atomic mass is 16.1. The normalized spacial score (nSPS) is 20.7. The lowest BCUT2D eigenvalue weighted by Gasteiger charge is -2.10. The number of benzene rings is 1. The number of carbonyl (C=O) groups is 1. The first-order valence-corrected chi connectivity index (χ1v) is 5.53. The lowest BCUT2D eigenvalue weighted by molar-refractivity contribution is -0.119. The Morgan fingerprint density at radius 2 is 1.93 bits per heavy atom. The van der Waals surface area contributed by atoms with E-state index in [2.05, 4.69) is 43.4 Å². The van der Waals surface area contributed by atoms with Crippen molar-refractivity contribution in [2.45, 2.75) is 32.1 Å². The molecule has 2 heteroatoms. The highest BCUT2D eigenvalue weighted by Gasteiger charge is 2.22. The van der Waals surface area contributed by atoms with Crippen molar-refractivity contribution in [2.75, 3.05) is 6.54 Å². The molecule has 0 radical (unpaired) electrons. The maximum Gasteiger partial charge on any atom is 0.220 e. The van der Waals surface area contributed by atoms with E-state index in [0.29, 0.717) is 18.3 Å². The Balaban J connectivity index is 2.13. The average Bonchev–Trinajstić information content (AvgIpc) is 2.65. The molecule has 1 atom stereocenters. The molecule has 0 spiro atoms. The number of hydrogen-bond donors (Lipinski definition) is 1. The Hall–Kier alpha value is -1.31. The number of nitrogens with one attached hydrogen (secondary N) is 1. The molecule has 1 unspecified atom stereocenters. The van der Waals surface area contributed by atoms with Crippen LogP contribution in [0, 0.1) is 0 Å². The topological polar surface area (TPSA) is 29.1 Å². The molecule has 2 rings (SSSR count). The van der Waals surface area contributed by atoms with Gasteiger partial charge in [0, 0.05) is 18.9 Å². The van der Waals surface area contributed by atoms with E-state index < -0.39 is 0 Å². The van der Waals surface area contributed by atoms with E-state index in [4.69, 9.17) is 0 Å². The maximum absolute atomic E-state index is 11.1. The van der Waals surface area contributed by atoms with E-state index in [9.17, 15) is 4.79 Å². The van der Waals surface area contributed by atoms with Crippen molar-refractivity contribution < 1.29 is 4.79 Å². The fourth-order valence-corrected chi connectivity index (χ4v) is 1.99. The predicted octanol–water partition coefficient (Wildman–Crippen LogP) is 2.41. The van der Waals surface area contributed by atoms with Crippen molar-refractivity contribution >= 4 is 5.91 Å². The molecule has 1 heterocycles. The fourth-order valence-electron chi connectivity index (χ4n) is 1.99. The van der Waals surface area contributed by atoms with Gasteiger partial charge in [-0.05, 0) is 17.0 Å². The average molecular weight is 203 g/mol. The van der Waals surface area contributed by atoms with Crippen molar-refractivity contribution in [1.29, 1.82) is 0 Å². The summed E-state index contributed by atoms with van der Waals surface area (Å²) in [6.45, 7) is 5.17. The van der Waals surface area contributed by atoms with Crippen LogP contribution in [0.5, 0.6) is 0 Å². The van der Waals surface area contributed by atoms with E-state index in [1.54, 1.807) is 0 Å². The zero-order valence-electron chi connectivity index (χ0n) is 9.29. The van der Waals surface area contributed by atoms with E-state index in [1.807, 2.05) is 0 Å². The van der Waals surface area contributed by atoms with E-state index in [1.165, 1.54) is 11.1 Å². The monoisotopic (exact) mass is 203 g/mol. The van der Waals surface area contributed by atoms with Gasteiger partial charge in [0.05, 0.1) is 0 Å². The van der Waals surface area contributed by atoms with Crippen molar-refractivity contribution in [3.05, 3.63) is 35.4 Å². The lowest BCUT2D eigenvalue weighted by Crippen LogP contribution is -2.13. The molecule has 1 saturated heterocycles. The van der Waals surface area contributed by atoms with Crippen LogP contribution in [0.15, 0.2) is 24.3 Å². The summed E-state index contributed by atoms with van der Waals surface area (Å²) in [4.78, 5) is 11.1. The Morgan fingerprint density at radius 1 is 1.27 bits per heavy atom. The summed E-state index contributed by atoms with van der Waals surface area (Å²) in [7, 11) is 0. The van der Waals surface area contributed by atoms with Gasteiger partial charge < -0.3 is 5.32 Å². The predicted molar refractivity (Wildman–Crippen MR) is 60.9 cm³/mol. The molecular formula is C13H17NO. The van der Waals surface area contributed by atoms with Gasteiger partial charge in [0.15, 0.2) is 0 Å². The molecule has 0 aliphatic carbocycles. The van der Waals surface area contributed by atoms with Crippen molar-refractivity contribution in [2.24, 2.45) is 0 Å². The van der Waals surface area contributed by atoms with Gasteiger partial charge in [-0.25, -0.2) is 0 Å². The highest BCUT2D eigenvalue weighted by Crippen LogP contribution is 2.24. The summed E-state index contributed by atoms with van der Waals surface area (Å²) >= 11 is 0. The third-order valence-corrected chi connectivity index (χ3v) is 3.05. The first-order chi connectivity index (χ1) is 7.16. The summed E-state index contributed by atoms with van der Waals surface area (Å²) in [5, 5.41) is 2.87. The second-order valence-electron chi connectivity index (χ2n) is 4.53. The summed E-state index contributed by atoms with van der Waals surface area (Å²) < 4.78 is 0.